The fourth-order valence-electron chi connectivity index (χ4n) is 4.26. The number of likely N-dealkylation sites (tertiary alicyclic amines) is 1. The molecule has 33 heavy (non-hydrogen) atoms. The molecule has 0 bridgehead atoms. The lowest BCUT2D eigenvalue weighted by Crippen LogP contribution is -2.48. The number of rotatable bonds is 9. The molecule has 2 aliphatic rings. The third kappa shape index (κ3) is 8.03. The van der Waals surface area contributed by atoms with Crippen molar-refractivity contribution in [3.8, 4) is 0 Å². The van der Waals surface area contributed by atoms with Crippen LogP contribution in [0.15, 0.2) is 30.3 Å². The predicted molar refractivity (Wildman–Crippen MR) is 127 cm³/mol. The first-order valence-electron chi connectivity index (χ1n) is 12.0. The summed E-state index contributed by atoms with van der Waals surface area (Å²) in [6, 6.07) is 10.4. The van der Waals surface area contributed by atoms with E-state index in [1.54, 1.807) is 20.8 Å². The molecule has 1 heterocycles. The SMILES string of the molecule is CC(C)(C)OC(=O)NCCNC(=O)C1CCCN(CC(=O)NCC2(c3ccccc3)CC2)C1. The fraction of sp³-hybridized carbons (Fsp3) is 0.640. The number of hydrogen-bond donors (Lipinski definition) is 3. The van der Waals surface area contributed by atoms with Crippen LogP contribution in [-0.4, -0.2) is 67.7 Å². The standard InChI is InChI=1S/C25H38N4O4/c1-24(2,3)33-23(32)27-14-13-26-22(31)19-8-7-15-29(16-19)17-21(30)28-18-25(11-12-25)20-9-5-4-6-10-20/h4-6,9-10,19H,7-8,11-18H2,1-3H3,(H,26,31)(H,27,32)(H,28,30). The molecule has 0 aromatic heterocycles. The summed E-state index contributed by atoms with van der Waals surface area (Å²) in [5.74, 6) is -0.167. The van der Waals surface area contributed by atoms with Crippen molar-refractivity contribution in [2.45, 2.75) is 57.5 Å². The van der Waals surface area contributed by atoms with Gasteiger partial charge in [0.25, 0.3) is 0 Å². The Hall–Kier alpha value is -2.61. The minimum atomic E-state index is -0.550. The Kier molecular flexibility index (Phi) is 8.35. The van der Waals surface area contributed by atoms with Gasteiger partial charge >= 0.3 is 6.09 Å². The van der Waals surface area contributed by atoms with Crippen LogP contribution in [0.2, 0.25) is 0 Å². The zero-order chi connectivity index (χ0) is 23.9. The third-order valence-corrected chi connectivity index (χ3v) is 6.20. The Labute approximate surface area is 196 Å². The van der Waals surface area contributed by atoms with Gasteiger partial charge in [-0.3, -0.25) is 14.5 Å². The molecule has 3 N–H and O–H groups in total. The Morgan fingerprint density at radius 1 is 1.06 bits per heavy atom. The molecule has 8 heteroatoms. The van der Waals surface area contributed by atoms with E-state index in [1.807, 2.05) is 18.2 Å². The van der Waals surface area contributed by atoms with E-state index in [9.17, 15) is 14.4 Å². The first kappa shape index (κ1) is 25.0. The Bertz CT molecular complexity index is 817. The number of nitrogens with zero attached hydrogens (tertiary/aromatic N) is 1. The van der Waals surface area contributed by atoms with Crippen LogP contribution < -0.4 is 16.0 Å². The maximum absolute atomic E-state index is 12.6. The molecule has 3 rings (SSSR count). The van der Waals surface area contributed by atoms with E-state index >= 15 is 0 Å². The van der Waals surface area contributed by atoms with Gasteiger partial charge in [0.2, 0.25) is 11.8 Å². The monoisotopic (exact) mass is 458 g/mol. The summed E-state index contributed by atoms with van der Waals surface area (Å²) >= 11 is 0. The van der Waals surface area contributed by atoms with Crippen LogP contribution in [0.3, 0.4) is 0 Å². The van der Waals surface area contributed by atoms with Gasteiger partial charge < -0.3 is 20.7 Å². The summed E-state index contributed by atoms with van der Waals surface area (Å²) in [6.07, 6.45) is 3.40. The smallest absolute Gasteiger partial charge is 0.407 e. The van der Waals surface area contributed by atoms with Crippen LogP contribution in [0.1, 0.15) is 52.0 Å². The van der Waals surface area contributed by atoms with Gasteiger partial charge in [0.05, 0.1) is 12.5 Å². The van der Waals surface area contributed by atoms with E-state index in [1.165, 1.54) is 5.56 Å². The fourth-order valence-corrected chi connectivity index (χ4v) is 4.26. The summed E-state index contributed by atoms with van der Waals surface area (Å²) in [5.41, 5.74) is 0.835. The molecule has 1 aromatic carbocycles. The van der Waals surface area contributed by atoms with E-state index in [0.29, 0.717) is 32.7 Å². The predicted octanol–water partition coefficient (Wildman–Crippen LogP) is 2.19. The van der Waals surface area contributed by atoms with Crippen LogP contribution in [0.4, 0.5) is 4.79 Å². The first-order chi connectivity index (χ1) is 15.7. The maximum atomic E-state index is 12.6. The highest BCUT2D eigenvalue weighted by Gasteiger charge is 2.44. The normalized spacial score (nSPS) is 19.9. The van der Waals surface area contributed by atoms with Crippen molar-refractivity contribution < 1.29 is 19.1 Å². The second-order valence-electron chi connectivity index (χ2n) is 10.2. The number of amides is 3. The molecule has 1 aromatic rings. The van der Waals surface area contributed by atoms with Gasteiger partial charge in [0, 0.05) is 31.6 Å². The van der Waals surface area contributed by atoms with Gasteiger partial charge in [-0.25, -0.2) is 4.79 Å². The maximum Gasteiger partial charge on any atom is 0.407 e. The highest BCUT2D eigenvalue weighted by Crippen LogP contribution is 2.47. The molecule has 1 atom stereocenters. The zero-order valence-corrected chi connectivity index (χ0v) is 20.1. The topological polar surface area (TPSA) is 99.8 Å². The average molecular weight is 459 g/mol. The molecule has 1 aliphatic carbocycles. The summed E-state index contributed by atoms with van der Waals surface area (Å²) < 4.78 is 5.17. The molecular weight excluding hydrogens is 420 g/mol. The van der Waals surface area contributed by atoms with E-state index in [2.05, 4.69) is 33.0 Å². The molecule has 1 unspecified atom stereocenters. The van der Waals surface area contributed by atoms with E-state index in [4.69, 9.17) is 4.74 Å². The summed E-state index contributed by atoms with van der Waals surface area (Å²) in [5, 5.41) is 8.63. The highest BCUT2D eigenvalue weighted by atomic mass is 16.6. The van der Waals surface area contributed by atoms with Gasteiger partial charge in [-0.05, 0) is 58.6 Å². The zero-order valence-electron chi connectivity index (χ0n) is 20.1. The van der Waals surface area contributed by atoms with E-state index < -0.39 is 11.7 Å². The van der Waals surface area contributed by atoms with Crippen molar-refractivity contribution in [3.05, 3.63) is 35.9 Å². The molecule has 2 fully saturated rings. The van der Waals surface area contributed by atoms with Crippen molar-refractivity contribution >= 4 is 17.9 Å². The van der Waals surface area contributed by atoms with Crippen molar-refractivity contribution in [1.29, 1.82) is 0 Å². The van der Waals surface area contributed by atoms with Gasteiger partial charge in [0.1, 0.15) is 5.60 Å². The molecule has 1 saturated heterocycles. The summed E-state index contributed by atoms with van der Waals surface area (Å²) in [6.45, 7) is 8.43. The summed E-state index contributed by atoms with van der Waals surface area (Å²) in [7, 11) is 0. The Morgan fingerprint density at radius 3 is 2.42 bits per heavy atom. The number of nitrogens with one attached hydrogen (secondary N) is 3. The van der Waals surface area contributed by atoms with Gasteiger partial charge in [-0.1, -0.05) is 30.3 Å². The highest BCUT2D eigenvalue weighted by molar-refractivity contribution is 5.80. The van der Waals surface area contributed by atoms with Crippen molar-refractivity contribution in [1.82, 2.24) is 20.9 Å². The lowest BCUT2D eigenvalue weighted by Gasteiger charge is -2.31. The number of carbonyl (C=O) groups excluding carboxylic acids is 3. The molecule has 0 spiro atoms. The lowest BCUT2D eigenvalue weighted by atomic mass is 9.96. The molecule has 3 amide bonds. The number of benzene rings is 1. The molecule has 0 radical (unpaired) electrons. The van der Waals surface area contributed by atoms with Crippen LogP contribution in [-0.2, 0) is 19.7 Å². The van der Waals surface area contributed by atoms with Crippen LogP contribution >= 0.6 is 0 Å². The quantitative estimate of drug-likeness (QED) is 0.493. The minimum absolute atomic E-state index is 0.0137. The number of ether oxygens (including phenoxy) is 1. The van der Waals surface area contributed by atoms with Crippen molar-refractivity contribution in [3.63, 3.8) is 0 Å². The van der Waals surface area contributed by atoms with Crippen LogP contribution in [0, 0.1) is 5.92 Å². The van der Waals surface area contributed by atoms with E-state index in [0.717, 1.165) is 32.2 Å². The van der Waals surface area contributed by atoms with Gasteiger partial charge in [-0.2, -0.15) is 0 Å². The number of hydrogen-bond acceptors (Lipinski definition) is 5. The largest absolute Gasteiger partial charge is 0.444 e. The Morgan fingerprint density at radius 2 is 1.76 bits per heavy atom. The molecule has 8 nitrogen and oxygen atoms in total. The third-order valence-electron chi connectivity index (χ3n) is 6.20. The second-order valence-corrected chi connectivity index (χ2v) is 10.2. The first-order valence-corrected chi connectivity index (χ1v) is 12.0. The average Bonchev–Trinajstić information content (AvgIpc) is 3.56. The van der Waals surface area contributed by atoms with Gasteiger partial charge in [-0.15, -0.1) is 0 Å². The molecule has 182 valence electrons. The van der Waals surface area contributed by atoms with Crippen LogP contribution in [0.25, 0.3) is 0 Å². The number of piperidine rings is 1. The van der Waals surface area contributed by atoms with Crippen molar-refractivity contribution in [2.75, 3.05) is 39.3 Å². The molecule has 1 saturated carbocycles. The lowest BCUT2D eigenvalue weighted by molar-refractivity contribution is -0.128. The second kappa shape index (κ2) is 11.0. The molecular formula is C25H38N4O4. The van der Waals surface area contributed by atoms with Crippen molar-refractivity contribution in [2.24, 2.45) is 5.92 Å². The summed E-state index contributed by atoms with van der Waals surface area (Å²) in [4.78, 5) is 38.8. The number of carbonyl (C=O) groups is 3. The minimum Gasteiger partial charge on any atom is -0.444 e. The molecule has 1 aliphatic heterocycles. The Balaban J connectivity index is 1.34. The van der Waals surface area contributed by atoms with E-state index in [-0.39, 0.29) is 23.1 Å². The van der Waals surface area contributed by atoms with Crippen LogP contribution in [0.5, 0.6) is 0 Å². The van der Waals surface area contributed by atoms with Gasteiger partial charge in [0.15, 0.2) is 0 Å². The number of alkyl carbamates (subject to hydrolysis) is 1.